The third-order valence-corrected chi connectivity index (χ3v) is 3.33. The van der Waals surface area contributed by atoms with Crippen molar-refractivity contribution in [2.24, 2.45) is 0 Å². The van der Waals surface area contributed by atoms with E-state index in [0.717, 1.165) is 15.7 Å². The number of carbonyl (C=O) groups excluding carboxylic acids is 1. The molecule has 1 aromatic rings. The van der Waals surface area contributed by atoms with Crippen molar-refractivity contribution in [3.8, 4) is 6.07 Å². The van der Waals surface area contributed by atoms with Crippen molar-refractivity contribution in [2.45, 2.75) is 13.3 Å². The van der Waals surface area contributed by atoms with E-state index in [1.807, 2.05) is 31.2 Å². The van der Waals surface area contributed by atoms with Crippen LogP contribution in [0.5, 0.6) is 0 Å². The summed E-state index contributed by atoms with van der Waals surface area (Å²) >= 11 is 3.43. The summed E-state index contributed by atoms with van der Waals surface area (Å²) in [4.78, 5) is 11.8. The van der Waals surface area contributed by atoms with Gasteiger partial charge in [0.1, 0.15) is 11.6 Å². The van der Waals surface area contributed by atoms with E-state index in [1.54, 1.807) is 7.11 Å². The molecule has 0 heterocycles. The lowest BCUT2D eigenvalue weighted by Crippen LogP contribution is -2.26. The van der Waals surface area contributed by atoms with Crippen LogP contribution in [0.4, 0.5) is 5.69 Å². The molecule has 0 saturated heterocycles. The molecule has 5 nitrogen and oxygen atoms in total. The lowest BCUT2D eigenvalue weighted by molar-refractivity contribution is -0.117. The topological polar surface area (TPSA) is 74.1 Å². The number of nitrogens with zero attached hydrogens (tertiary/aromatic N) is 1. The highest BCUT2D eigenvalue weighted by molar-refractivity contribution is 9.10. The molecule has 0 bridgehead atoms. The highest BCUT2D eigenvalue weighted by Gasteiger charge is 2.08. The van der Waals surface area contributed by atoms with Gasteiger partial charge in [-0.05, 0) is 47.0 Å². The number of benzene rings is 1. The molecule has 1 aromatic carbocycles. The van der Waals surface area contributed by atoms with Gasteiger partial charge in [0.2, 0.25) is 0 Å². The van der Waals surface area contributed by atoms with Crippen LogP contribution < -0.4 is 10.6 Å². The minimum Gasteiger partial charge on any atom is -0.385 e. The van der Waals surface area contributed by atoms with E-state index in [0.29, 0.717) is 19.6 Å². The van der Waals surface area contributed by atoms with Crippen LogP contribution in [0, 0.1) is 18.3 Å². The summed E-state index contributed by atoms with van der Waals surface area (Å²) in [6.45, 7) is 3.03. The van der Waals surface area contributed by atoms with Gasteiger partial charge in [-0.1, -0.05) is 6.07 Å². The highest BCUT2D eigenvalue weighted by Crippen LogP contribution is 2.23. The molecule has 0 aromatic heterocycles. The lowest BCUT2D eigenvalue weighted by atomic mass is 10.2. The second-order valence-corrected chi connectivity index (χ2v) is 5.25. The van der Waals surface area contributed by atoms with Crippen LogP contribution in [-0.2, 0) is 9.53 Å². The van der Waals surface area contributed by atoms with E-state index in [2.05, 4.69) is 26.6 Å². The number of nitriles is 1. The number of rotatable bonds is 7. The van der Waals surface area contributed by atoms with Crippen molar-refractivity contribution in [3.05, 3.63) is 40.0 Å². The zero-order valence-electron chi connectivity index (χ0n) is 12.1. The molecule has 0 radical (unpaired) electrons. The summed E-state index contributed by atoms with van der Waals surface area (Å²) in [6, 6.07) is 7.65. The molecular formula is C15H18BrN3O2. The Morgan fingerprint density at radius 3 is 2.90 bits per heavy atom. The third kappa shape index (κ3) is 5.98. The zero-order chi connectivity index (χ0) is 15.7. The van der Waals surface area contributed by atoms with Gasteiger partial charge < -0.3 is 15.4 Å². The smallest absolute Gasteiger partial charge is 0.263 e. The quantitative estimate of drug-likeness (QED) is 0.450. The Morgan fingerprint density at radius 2 is 2.29 bits per heavy atom. The van der Waals surface area contributed by atoms with Crippen molar-refractivity contribution in [2.75, 3.05) is 25.6 Å². The van der Waals surface area contributed by atoms with Gasteiger partial charge in [-0.2, -0.15) is 5.26 Å². The molecule has 0 atom stereocenters. The van der Waals surface area contributed by atoms with Crippen LogP contribution in [0.15, 0.2) is 34.4 Å². The summed E-state index contributed by atoms with van der Waals surface area (Å²) in [5.74, 6) is -0.399. The van der Waals surface area contributed by atoms with Gasteiger partial charge in [0.25, 0.3) is 5.91 Å². The lowest BCUT2D eigenvalue weighted by Gasteiger charge is -2.07. The molecule has 6 heteroatoms. The van der Waals surface area contributed by atoms with Crippen molar-refractivity contribution in [1.82, 2.24) is 5.32 Å². The van der Waals surface area contributed by atoms with Crippen LogP contribution >= 0.6 is 15.9 Å². The number of ether oxygens (including phenoxy) is 1. The number of hydrogen-bond acceptors (Lipinski definition) is 4. The fraction of sp³-hybridized carbons (Fsp3) is 0.333. The summed E-state index contributed by atoms with van der Waals surface area (Å²) in [5, 5.41) is 14.7. The Balaban J connectivity index is 2.63. The number of carbonyl (C=O) groups is 1. The molecule has 0 unspecified atom stereocenters. The summed E-state index contributed by atoms with van der Waals surface area (Å²) in [6.07, 6.45) is 2.11. The third-order valence-electron chi connectivity index (χ3n) is 2.67. The van der Waals surface area contributed by atoms with Crippen LogP contribution in [0.25, 0.3) is 0 Å². The number of methoxy groups -OCH3 is 1. The maximum Gasteiger partial charge on any atom is 0.263 e. The molecule has 1 amide bonds. The maximum absolute atomic E-state index is 11.8. The molecule has 0 saturated carbocycles. The first-order valence-corrected chi connectivity index (χ1v) is 7.28. The van der Waals surface area contributed by atoms with Gasteiger partial charge in [-0.3, -0.25) is 4.79 Å². The van der Waals surface area contributed by atoms with E-state index in [-0.39, 0.29) is 5.57 Å². The molecule has 0 fully saturated rings. The van der Waals surface area contributed by atoms with Crippen molar-refractivity contribution < 1.29 is 9.53 Å². The number of halogens is 1. The van der Waals surface area contributed by atoms with Gasteiger partial charge in [0.05, 0.1) is 5.69 Å². The predicted molar refractivity (Wildman–Crippen MR) is 85.7 cm³/mol. The average Bonchev–Trinajstić information content (AvgIpc) is 2.46. The number of nitrogens with one attached hydrogen (secondary N) is 2. The minimum atomic E-state index is -0.399. The average molecular weight is 352 g/mol. The van der Waals surface area contributed by atoms with Crippen LogP contribution in [0.3, 0.4) is 0 Å². The Hall–Kier alpha value is -1.84. The molecular weight excluding hydrogens is 334 g/mol. The molecule has 112 valence electrons. The zero-order valence-corrected chi connectivity index (χ0v) is 13.7. The predicted octanol–water partition coefficient (Wildman–Crippen LogP) is 2.73. The molecule has 0 spiro atoms. The Morgan fingerprint density at radius 1 is 1.52 bits per heavy atom. The SMILES string of the molecule is COCCCNC(=O)/C(C#N)=C\Nc1ccc(C)cc1Br. The van der Waals surface area contributed by atoms with E-state index in [9.17, 15) is 4.79 Å². The first-order valence-electron chi connectivity index (χ1n) is 6.48. The minimum absolute atomic E-state index is 0.0277. The van der Waals surface area contributed by atoms with Gasteiger partial charge in [-0.15, -0.1) is 0 Å². The van der Waals surface area contributed by atoms with Gasteiger partial charge in [-0.25, -0.2) is 0 Å². The fourth-order valence-corrected chi connectivity index (χ4v) is 2.16. The molecule has 0 aliphatic rings. The summed E-state index contributed by atoms with van der Waals surface area (Å²) < 4.78 is 5.76. The standard InChI is InChI=1S/C15H18BrN3O2/c1-11-4-5-14(13(16)8-11)19-10-12(9-17)15(20)18-6-3-7-21-2/h4-5,8,10,19H,3,6-7H2,1-2H3,(H,18,20)/b12-10-. The molecule has 1 rings (SSSR count). The highest BCUT2D eigenvalue weighted by atomic mass is 79.9. The van der Waals surface area contributed by atoms with Crippen LogP contribution in [0.2, 0.25) is 0 Å². The number of aryl methyl sites for hydroxylation is 1. The monoisotopic (exact) mass is 351 g/mol. The van der Waals surface area contributed by atoms with Crippen molar-refractivity contribution in [3.63, 3.8) is 0 Å². The van der Waals surface area contributed by atoms with Gasteiger partial charge >= 0.3 is 0 Å². The molecule has 0 aliphatic heterocycles. The molecule has 0 aliphatic carbocycles. The largest absolute Gasteiger partial charge is 0.385 e. The van der Waals surface area contributed by atoms with Crippen molar-refractivity contribution in [1.29, 1.82) is 5.26 Å². The first kappa shape index (κ1) is 17.2. The first-order chi connectivity index (χ1) is 10.1. The van der Waals surface area contributed by atoms with Crippen molar-refractivity contribution >= 4 is 27.5 Å². The summed E-state index contributed by atoms with van der Waals surface area (Å²) in [5.41, 5.74) is 1.94. The Bertz CT molecular complexity index is 565. The second-order valence-electron chi connectivity index (χ2n) is 4.40. The normalized spacial score (nSPS) is 10.9. The van der Waals surface area contributed by atoms with Gasteiger partial charge in [0.15, 0.2) is 0 Å². The van der Waals surface area contributed by atoms with E-state index in [4.69, 9.17) is 10.00 Å². The number of hydrogen-bond donors (Lipinski definition) is 2. The molecule has 2 N–H and O–H groups in total. The maximum atomic E-state index is 11.8. The number of amides is 1. The molecule has 21 heavy (non-hydrogen) atoms. The van der Waals surface area contributed by atoms with Crippen LogP contribution in [0.1, 0.15) is 12.0 Å². The van der Waals surface area contributed by atoms with Gasteiger partial charge in [0, 0.05) is 30.9 Å². The van der Waals surface area contributed by atoms with Crippen LogP contribution in [-0.4, -0.2) is 26.2 Å². The summed E-state index contributed by atoms with van der Waals surface area (Å²) in [7, 11) is 1.60. The van der Waals surface area contributed by atoms with E-state index in [1.165, 1.54) is 6.20 Å². The number of anilines is 1. The van der Waals surface area contributed by atoms with E-state index < -0.39 is 5.91 Å². The Kier molecular flexibility index (Phi) is 7.51. The van der Waals surface area contributed by atoms with E-state index >= 15 is 0 Å². The fourth-order valence-electron chi connectivity index (χ4n) is 1.55. The Labute approximate surface area is 133 Å². The second kappa shape index (κ2) is 9.16.